The highest BCUT2D eigenvalue weighted by Crippen LogP contribution is 2.11. The molecule has 0 spiro atoms. The van der Waals surface area contributed by atoms with Crippen molar-refractivity contribution in [2.24, 2.45) is 0 Å². The average Bonchev–Trinajstić information content (AvgIpc) is 2.93. The standard InChI is InChI=1S/C14H13FN4O/c15-11-3-1-2-4-12(11)16-7-8-18-9-10-19-13(14(18)20)5-6-17-19/h1-6,9-10,16H,7-8H2. The van der Waals surface area contributed by atoms with E-state index in [2.05, 4.69) is 10.4 Å². The molecule has 0 radical (unpaired) electrons. The summed E-state index contributed by atoms with van der Waals surface area (Å²) in [4.78, 5) is 12.1. The van der Waals surface area contributed by atoms with Crippen LogP contribution in [0, 0.1) is 5.82 Å². The number of benzene rings is 1. The second-order valence-corrected chi connectivity index (χ2v) is 4.36. The van der Waals surface area contributed by atoms with Gasteiger partial charge in [-0.3, -0.25) is 4.79 Å². The molecular formula is C14H13FN4O. The fraction of sp³-hybridized carbons (Fsp3) is 0.143. The second kappa shape index (κ2) is 5.16. The van der Waals surface area contributed by atoms with Crippen LogP contribution >= 0.6 is 0 Å². The van der Waals surface area contributed by atoms with Gasteiger partial charge in [0, 0.05) is 25.5 Å². The molecule has 3 aromatic rings. The van der Waals surface area contributed by atoms with E-state index in [-0.39, 0.29) is 11.4 Å². The Morgan fingerprint density at radius 1 is 1.20 bits per heavy atom. The molecule has 2 aromatic heterocycles. The van der Waals surface area contributed by atoms with Crippen molar-refractivity contribution in [3.63, 3.8) is 0 Å². The van der Waals surface area contributed by atoms with E-state index < -0.39 is 0 Å². The minimum Gasteiger partial charge on any atom is -0.381 e. The SMILES string of the molecule is O=c1c2ccnn2ccn1CCNc1ccccc1F. The third-order valence-electron chi connectivity index (χ3n) is 3.08. The molecule has 3 rings (SSSR count). The largest absolute Gasteiger partial charge is 0.381 e. The number of hydrogen-bond donors (Lipinski definition) is 1. The van der Waals surface area contributed by atoms with Crippen molar-refractivity contribution in [2.75, 3.05) is 11.9 Å². The Bertz CT molecular complexity index is 793. The molecule has 2 heterocycles. The van der Waals surface area contributed by atoms with E-state index in [9.17, 15) is 9.18 Å². The van der Waals surface area contributed by atoms with Crippen molar-refractivity contribution in [3.8, 4) is 0 Å². The van der Waals surface area contributed by atoms with E-state index in [1.54, 1.807) is 47.4 Å². The number of anilines is 1. The molecule has 1 N–H and O–H groups in total. The predicted octanol–water partition coefficient (Wildman–Crippen LogP) is 1.75. The van der Waals surface area contributed by atoms with Crippen molar-refractivity contribution < 1.29 is 4.39 Å². The lowest BCUT2D eigenvalue weighted by atomic mass is 10.3. The summed E-state index contributed by atoms with van der Waals surface area (Å²) in [6.45, 7) is 0.917. The molecule has 0 saturated carbocycles. The van der Waals surface area contributed by atoms with Crippen molar-refractivity contribution in [2.45, 2.75) is 6.54 Å². The summed E-state index contributed by atoms with van der Waals surface area (Å²) in [7, 11) is 0. The van der Waals surface area contributed by atoms with Gasteiger partial charge < -0.3 is 9.88 Å². The summed E-state index contributed by atoms with van der Waals surface area (Å²) in [5.41, 5.74) is 0.852. The Balaban J connectivity index is 1.73. The first-order valence-corrected chi connectivity index (χ1v) is 6.27. The second-order valence-electron chi connectivity index (χ2n) is 4.36. The van der Waals surface area contributed by atoms with Gasteiger partial charge in [0.25, 0.3) is 5.56 Å². The Kier molecular flexibility index (Phi) is 3.20. The molecule has 0 unspecified atom stereocenters. The maximum atomic E-state index is 13.4. The van der Waals surface area contributed by atoms with Gasteiger partial charge in [0.15, 0.2) is 0 Å². The monoisotopic (exact) mass is 272 g/mol. The maximum absolute atomic E-state index is 13.4. The number of rotatable bonds is 4. The molecule has 0 saturated heterocycles. The highest BCUT2D eigenvalue weighted by molar-refractivity contribution is 5.44. The number of nitrogens with zero attached hydrogens (tertiary/aromatic N) is 3. The first kappa shape index (κ1) is 12.4. The van der Waals surface area contributed by atoms with Gasteiger partial charge in [-0.2, -0.15) is 5.10 Å². The molecule has 6 heteroatoms. The third-order valence-corrected chi connectivity index (χ3v) is 3.08. The Hall–Kier alpha value is -2.63. The zero-order valence-corrected chi connectivity index (χ0v) is 10.7. The van der Waals surface area contributed by atoms with E-state index in [1.165, 1.54) is 10.6 Å². The number of nitrogens with one attached hydrogen (secondary N) is 1. The smallest absolute Gasteiger partial charge is 0.276 e. The summed E-state index contributed by atoms with van der Waals surface area (Å²) >= 11 is 0. The fourth-order valence-electron chi connectivity index (χ4n) is 2.05. The van der Waals surface area contributed by atoms with Gasteiger partial charge >= 0.3 is 0 Å². The van der Waals surface area contributed by atoms with Gasteiger partial charge in [0.1, 0.15) is 11.3 Å². The molecule has 0 atom stereocenters. The van der Waals surface area contributed by atoms with E-state index in [0.29, 0.717) is 24.3 Å². The Labute approximate surface area is 114 Å². The molecule has 0 bridgehead atoms. The highest BCUT2D eigenvalue weighted by Gasteiger charge is 2.03. The van der Waals surface area contributed by atoms with Crippen molar-refractivity contribution in [1.82, 2.24) is 14.2 Å². The van der Waals surface area contributed by atoms with Crippen LogP contribution in [0.25, 0.3) is 5.52 Å². The molecule has 20 heavy (non-hydrogen) atoms. The normalized spacial score (nSPS) is 10.8. The van der Waals surface area contributed by atoms with Crippen LogP contribution in [-0.2, 0) is 6.54 Å². The summed E-state index contributed by atoms with van der Waals surface area (Å²) in [5.74, 6) is -0.300. The summed E-state index contributed by atoms with van der Waals surface area (Å²) in [6, 6.07) is 8.13. The first-order valence-electron chi connectivity index (χ1n) is 6.27. The van der Waals surface area contributed by atoms with E-state index in [1.807, 2.05) is 0 Å². The molecular weight excluding hydrogens is 259 g/mol. The van der Waals surface area contributed by atoms with Crippen LogP contribution in [0.15, 0.2) is 53.7 Å². The van der Waals surface area contributed by atoms with Crippen LogP contribution in [0.1, 0.15) is 0 Å². The lowest BCUT2D eigenvalue weighted by Gasteiger charge is -2.09. The zero-order chi connectivity index (χ0) is 13.9. The zero-order valence-electron chi connectivity index (χ0n) is 10.7. The molecule has 0 aliphatic rings. The quantitative estimate of drug-likeness (QED) is 0.787. The molecule has 0 aliphatic heterocycles. The molecule has 102 valence electrons. The molecule has 0 amide bonds. The topological polar surface area (TPSA) is 51.3 Å². The van der Waals surface area contributed by atoms with Gasteiger partial charge in [-0.15, -0.1) is 0 Å². The Morgan fingerprint density at radius 2 is 2.05 bits per heavy atom. The minimum absolute atomic E-state index is 0.111. The van der Waals surface area contributed by atoms with Crippen LogP contribution < -0.4 is 10.9 Å². The number of fused-ring (bicyclic) bond motifs is 1. The van der Waals surface area contributed by atoms with Gasteiger partial charge in [-0.05, 0) is 18.2 Å². The molecule has 5 nitrogen and oxygen atoms in total. The van der Waals surface area contributed by atoms with Gasteiger partial charge in [0.05, 0.1) is 11.9 Å². The third kappa shape index (κ3) is 2.27. The number of hydrogen-bond acceptors (Lipinski definition) is 3. The van der Waals surface area contributed by atoms with Crippen molar-refractivity contribution >= 4 is 11.2 Å². The van der Waals surface area contributed by atoms with Gasteiger partial charge in [-0.25, -0.2) is 8.91 Å². The summed E-state index contributed by atoms with van der Waals surface area (Å²) in [6.07, 6.45) is 4.98. The molecule has 1 aromatic carbocycles. The van der Waals surface area contributed by atoms with E-state index >= 15 is 0 Å². The van der Waals surface area contributed by atoms with Crippen LogP contribution in [0.2, 0.25) is 0 Å². The van der Waals surface area contributed by atoms with Gasteiger partial charge in [0.2, 0.25) is 0 Å². The average molecular weight is 272 g/mol. The Morgan fingerprint density at radius 3 is 2.90 bits per heavy atom. The first-order chi connectivity index (χ1) is 9.75. The summed E-state index contributed by atoms with van der Waals surface area (Å²) in [5, 5.41) is 6.97. The number of para-hydroxylation sites is 1. The van der Waals surface area contributed by atoms with Crippen LogP contribution in [0.3, 0.4) is 0 Å². The van der Waals surface area contributed by atoms with Crippen LogP contribution in [0.4, 0.5) is 10.1 Å². The van der Waals surface area contributed by atoms with Crippen molar-refractivity contribution in [3.05, 3.63) is 65.1 Å². The van der Waals surface area contributed by atoms with Gasteiger partial charge in [-0.1, -0.05) is 12.1 Å². The predicted molar refractivity (Wildman–Crippen MR) is 74.3 cm³/mol. The van der Waals surface area contributed by atoms with E-state index in [4.69, 9.17) is 0 Å². The number of aromatic nitrogens is 3. The number of halogens is 1. The minimum atomic E-state index is -0.300. The van der Waals surface area contributed by atoms with Crippen LogP contribution in [0.5, 0.6) is 0 Å². The lowest BCUT2D eigenvalue weighted by molar-refractivity contribution is 0.626. The van der Waals surface area contributed by atoms with E-state index in [0.717, 1.165) is 0 Å². The molecule has 0 aliphatic carbocycles. The van der Waals surface area contributed by atoms with Crippen LogP contribution in [-0.4, -0.2) is 20.7 Å². The summed E-state index contributed by atoms with van der Waals surface area (Å²) < 4.78 is 16.5. The fourth-order valence-corrected chi connectivity index (χ4v) is 2.05. The maximum Gasteiger partial charge on any atom is 0.276 e. The highest BCUT2D eigenvalue weighted by atomic mass is 19.1. The lowest BCUT2D eigenvalue weighted by Crippen LogP contribution is -2.24. The molecule has 0 fully saturated rings. The van der Waals surface area contributed by atoms with Crippen molar-refractivity contribution in [1.29, 1.82) is 0 Å².